The Labute approximate surface area is 86.3 Å². The minimum Gasteiger partial charge on any atom is -0.408 e. The number of nitrogens with one attached hydrogen (secondary N) is 2. The summed E-state index contributed by atoms with van der Waals surface area (Å²) in [4.78, 5) is 13.6. The van der Waals surface area contributed by atoms with Crippen LogP contribution >= 0.6 is 0 Å². The first-order chi connectivity index (χ1) is 7.31. The number of rotatable bonds is 3. The van der Waals surface area contributed by atoms with Gasteiger partial charge in [0, 0.05) is 12.6 Å². The maximum Gasteiger partial charge on any atom is 0.417 e. The quantitative estimate of drug-likeness (QED) is 0.794. The zero-order valence-corrected chi connectivity index (χ0v) is 8.25. The zero-order valence-electron chi connectivity index (χ0n) is 8.25. The minimum atomic E-state index is -0.391. The van der Waals surface area contributed by atoms with Crippen LogP contribution in [-0.2, 0) is 6.54 Å². The maximum absolute atomic E-state index is 10.9. The lowest BCUT2D eigenvalue weighted by atomic mass is 10.2. The molecule has 0 amide bonds. The molecular formula is C11H12N2O2. The molecule has 0 unspecified atom stereocenters. The first-order valence-electron chi connectivity index (χ1n) is 5.16. The summed E-state index contributed by atoms with van der Waals surface area (Å²) >= 11 is 0. The van der Waals surface area contributed by atoms with Crippen LogP contribution in [0.1, 0.15) is 18.4 Å². The van der Waals surface area contributed by atoms with Gasteiger partial charge in [-0.25, -0.2) is 4.79 Å². The third-order valence-electron chi connectivity index (χ3n) is 2.66. The first-order valence-corrected chi connectivity index (χ1v) is 5.16. The van der Waals surface area contributed by atoms with E-state index in [2.05, 4.69) is 10.3 Å². The highest BCUT2D eigenvalue weighted by molar-refractivity contribution is 5.72. The normalized spacial score (nSPS) is 16.0. The van der Waals surface area contributed by atoms with Crippen LogP contribution in [0.4, 0.5) is 0 Å². The SMILES string of the molecule is O=c1[nH]c2ccc(CNC3CC3)cc2o1. The van der Waals surface area contributed by atoms with Crippen molar-refractivity contribution in [2.75, 3.05) is 0 Å². The van der Waals surface area contributed by atoms with Gasteiger partial charge in [0.25, 0.3) is 0 Å². The largest absolute Gasteiger partial charge is 0.417 e. The lowest BCUT2D eigenvalue weighted by molar-refractivity contribution is 0.554. The average Bonchev–Trinajstić information content (AvgIpc) is 2.96. The number of fused-ring (bicyclic) bond motifs is 1. The van der Waals surface area contributed by atoms with E-state index in [-0.39, 0.29) is 0 Å². The lowest BCUT2D eigenvalue weighted by Gasteiger charge is -2.01. The molecule has 1 aromatic carbocycles. The molecule has 0 radical (unpaired) electrons. The molecular weight excluding hydrogens is 192 g/mol. The molecule has 1 aliphatic carbocycles. The topological polar surface area (TPSA) is 58.0 Å². The Kier molecular flexibility index (Phi) is 1.89. The van der Waals surface area contributed by atoms with Gasteiger partial charge < -0.3 is 9.73 Å². The van der Waals surface area contributed by atoms with Crippen LogP contribution < -0.4 is 11.1 Å². The number of benzene rings is 1. The van der Waals surface area contributed by atoms with E-state index in [0.717, 1.165) is 17.6 Å². The third-order valence-corrected chi connectivity index (χ3v) is 2.66. The molecule has 4 nitrogen and oxygen atoms in total. The van der Waals surface area contributed by atoms with Crippen molar-refractivity contribution in [1.29, 1.82) is 0 Å². The Morgan fingerprint density at radius 2 is 2.33 bits per heavy atom. The van der Waals surface area contributed by atoms with Gasteiger partial charge in [0.2, 0.25) is 0 Å². The predicted octanol–water partition coefficient (Wildman–Crippen LogP) is 1.37. The Bertz CT molecular complexity index is 537. The van der Waals surface area contributed by atoms with Crippen molar-refractivity contribution < 1.29 is 4.42 Å². The molecule has 0 aliphatic heterocycles. The maximum atomic E-state index is 10.9. The van der Waals surface area contributed by atoms with Gasteiger partial charge in [-0.1, -0.05) is 6.07 Å². The Balaban J connectivity index is 1.87. The molecule has 78 valence electrons. The average molecular weight is 204 g/mol. The van der Waals surface area contributed by atoms with Crippen molar-refractivity contribution in [2.45, 2.75) is 25.4 Å². The summed E-state index contributed by atoms with van der Waals surface area (Å²) in [5.74, 6) is -0.391. The molecule has 1 aliphatic rings. The van der Waals surface area contributed by atoms with Gasteiger partial charge in [-0.05, 0) is 30.5 Å². The van der Waals surface area contributed by atoms with Crippen molar-refractivity contribution in [3.05, 3.63) is 34.3 Å². The van der Waals surface area contributed by atoms with Crippen LogP contribution in [0.5, 0.6) is 0 Å². The van der Waals surface area contributed by atoms with Gasteiger partial charge >= 0.3 is 5.76 Å². The first kappa shape index (κ1) is 8.73. The van der Waals surface area contributed by atoms with Crippen LogP contribution in [0.2, 0.25) is 0 Å². The molecule has 0 saturated heterocycles. The zero-order chi connectivity index (χ0) is 10.3. The molecule has 0 spiro atoms. The summed E-state index contributed by atoms with van der Waals surface area (Å²) in [7, 11) is 0. The third kappa shape index (κ3) is 1.80. The van der Waals surface area contributed by atoms with Crippen molar-refractivity contribution in [1.82, 2.24) is 10.3 Å². The predicted molar refractivity (Wildman–Crippen MR) is 56.7 cm³/mol. The fourth-order valence-corrected chi connectivity index (χ4v) is 1.65. The number of aromatic nitrogens is 1. The van der Waals surface area contributed by atoms with Crippen LogP contribution in [-0.4, -0.2) is 11.0 Å². The summed E-state index contributed by atoms with van der Waals surface area (Å²) in [6.45, 7) is 0.843. The molecule has 2 aromatic rings. The van der Waals surface area contributed by atoms with Gasteiger partial charge in [-0.2, -0.15) is 0 Å². The van der Waals surface area contributed by atoms with Crippen LogP contribution in [0.25, 0.3) is 11.1 Å². The van der Waals surface area contributed by atoms with E-state index in [9.17, 15) is 4.79 Å². The van der Waals surface area contributed by atoms with Gasteiger partial charge in [0.1, 0.15) is 0 Å². The fraction of sp³-hybridized carbons (Fsp3) is 0.364. The second-order valence-corrected chi connectivity index (χ2v) is 4.00. The number of oxazole rings is 1. The molecule has 1 saturated carbocycles. The van der Waals surface area contributed by atoms with E-state index in [0.29, 0.717) is 11.6 Å². The van der Waals surface area contributed by atoms with E-state index in [1.807, 2.05) is 18.2 Å². The summed E-state index contributed by atoms with van der Waals surface area (Å²) in [6, 6.07) is 6.48. The van der Waals surface area contributed by atoms with E-state index >= 15 is 0 Å². The van der Waals surface area contributed by atoms with E-state index < -0.39 is 5.76 Å². The van der Waals surface area contributed by atoms with Crippen molar-refractivity contribution in [3.63, 3.8) is 0 Å². The summed E-state index contributed by atoms with van der Waals surface area (Å²) < 4.78 is 4.99. The highest BCUT2D eigenvalue weighted by atomic mass is 16.4. The smallest absolute Gasteiger partial charge is 0.408 e. The molecule has 4 heteroatoms. The van der Waals surface area contributed by atoms with Gasteiger partial charge in [-0.3, -0.25) is 4.98 Å². The van der Waals surface area contributed by atoms with Crippen molar-refractivity contribution in [3.8, 4) is 0 Å². The highest BCUT2D eigenvalue weighted by Gasteiger charge is 2.19. The number of hydrogen-bond acceptors (Lipinski definition) is 3. The minimum absolute atomic E-state index is 0.391. The molecule has 15 heavy (non-hydrogen) atoms. The molecule has 2 N–H and O–H groups in total. The van der Waals surface area contributed by atoms with Crippen LogP contribution in [0.15, 0.2) is 27.4 Å². The summed E-state index contributed by atoms with van der Waals surface area (Å²) in [5, 5.41) is 3.41. The molecule has 1 heterocycles. The van der Waals surface area contributed by atoms with E-state index in [4.69, 9.17) is 4.42 Å². The van der Waals surface area contributed by atoms with Crippen molar-refractivity contribution >= 4 is 11.1 Å². The summed E-state index contributed by atoms with van der Waals surface area (Å²) in [6.07, 6.45) is 2.56. The molecule has 3 rings (SSSR count). The van der Waals surface area contributed by atoms with Gasteiger partial charge in [0.15, 0.2) is 5.58 Å². The standard InChI is InChI=1S/C11H12N2O2/c14-11-13-9-4-1-7(5-10(9)15-11)6-12-8-2-3-8/h1,4-5,8,12H,2-3,6H2,(H,13,14). The fourth-order valence-electron chi connectivity index (χ4n) is 1.65. The van der Waals surface area contributed by atoms with Crippen molar-refractivity contribution in [2.24, 2.45) is 0 Å². The Morgan fingerprint density at radius 1 is 1.47 bits per heavy atom. The van der Waals surface area contributed by atoms with Gasteiger partial charge in [0.05, 0.1) is 5.52 Å². The number of aromatic amines is 1. The second-order valence-electron chi connectivity index (χ2n) is 4.00. The highest BCUT2D eigenvalue weighted by Crippen LogP contribution is 2.20. The van der Waals surface area contributed by atoms with E-state index in [1.165, 1.54) is 12.8 Å². The monoisotopic (exact) mass is 204 g/mol. The van der Waals surface area contributed by atoms with Crippen LogP contribution in [0, 0.1) is 0 Å². The number of H-pyrrole nitrogens is 1. The molecule has 0 bridgehead atoms. The second kappa shape index (κ2) is 3.24. The van der Waals surface area contributed by atoms with E-state index in [1.54, 1.807) is 0 Å². The van der Waals surface area contributed by atoms with Gasteiger partial charge in [-0.15, -0.1) is 0 Å². The Hall–Kier alpha value is -1.55. The number of hydrogen-bond donors (Lipinski definition) is 2. The summed E-state index contributed by atoms with van der Waals surface area (Å²) in [5.41, 5.74) is 2.54. The molecule has 1 fully saturated rings. The van der Waals surface area contributed by atoms with Crippen LogP contribution in [0.3, 0.4) is 0 Å². The lowest BCUT2D eigenvalue weighted by Crippen LogP contribution is -2.14. The molecule has 0 atom stereocenters. The Morgan fingerprint density at radius 3 is 3.13 bits per heavy atom. The molecule has 1 aromatic heterocycles.